The zero-order valence-electron chi connectivity index (χ0n) is 19.3. The van der Waals surface area contributed by atoms with Crippen LogP contribution < -0.4 is 16.0 Å². The third-order valence-corrected chi connectivity index (χ3v) is 6.44. The number of hydrogen-bond acceptors (Lipinski definition) is 6. The topological polar surface area (TPSA) is 114 Å². The lowest BCUT2D eigenvalue weighted by Gasteiger charge is -2.28. The van der Waals surface area contributed by atoms with Crippen LogP contribution >= 0.6 is 12.4 Å². The third-order valence-electron chi connectivity index (χ3n) is 6.44. The van der Waals surface area contributed by atoms with Crippen molar-refractivity contribution in [1.29, 1.82) is 0 Å². The molecule has 0 saturated carbocycles. The first-order valence-electron chi connectivity index (χ1n) is 11.7. The summed E-state index contributed by atoms with van der Waals surface area (Å²) in [4.78, 5) is 49.7. The molecule has 0 aliphatic carbocycles. The van der Waals surface area contributed by atoms with Crippen molar-refractivity contribution < 1.29 is 23.9 Å². The number of hydrogen-bond donors (Lipinski definition) is 3. The molecule has 0 spiro atoms. The molecule has 2 unspecified atom stereocenters. The van der Waals surface area contributed by atoms with Gasteiger partial charge in [0.25, 0.3) is 0 Å². The third kappa shape index (κ3) is 6.90. The van der Waals surface area contributed by atoms with E-state index in [-0.39, 0.29) is 36.7 Å². The molecule has 8 nitrogen and oxygen atoms in total. The van der Waals surface area contributed by atoms with Gasteiger partial charge in [-0.1, -0.05) is 42.5 Å². The van der Waals surface area contributed by atoms with Crippen molar-refractivity contribution in [3.8, 4) is 0 Å². The van der Waals surface area contributed by atoms with Crippen LogP contribution in [0.1, 0.15) is 42.7 Å². The van der Waals surface area contributed by atoms with E-state index >= 15 is 0 Å². The van der Waals surface area contributed by atoms with E-state index in [4.69, 9.17) is 4.74 Å². The fourth-order valence-corrected chi connectivity index (χ4v) is 4.54. The average molecular weight is 500 g/mol. The number of nitrogens with one attached hydrogen (secondary N) is 3. The highest BCUT2D eigenvalue weighted by Gasteiger charge is 2.37. The van der Waals surface area contributed by atoms with Crippen LogP contribution in [0.3, 0.4) is 0 Å². The van der Waals surface area contributed by atoms with Gasteiger partial charge in [0.05, 0.1) is 5.92 Å². The number of esters is 1. The minimum Gasteiger partial charge on any atom is -0.460 e. The van der Waals surface area contributed by atoms with Crippen molar-refractivity contribution in [3.05, 3.63) is 65.7 Å². The summed E-state index contributed by atoms with van der Waals surface area (Å²) >= 11 is 0. The van der Waals surface area contributed by atoms with E-state index in [1.54, 1.807) is 24.3 Å². The van der Waals surface area contributed by atoms with Gasteiger partial charge in [0.1, 0.15) is 12.5 Å². The number of ether oxygens (including phenoxy) is 1. The Morgan fingerprint density at radius 1 is 0.971 bits per heavy atom. The van der Waals surface area contributed by atoms with E-state index < -0.39 is 23.7 Å². The number of halogens is 1. The minimum absolute atomic E-state index is 0. The second-order valence-electron chi connectivity index (χ2n) is 8.77. The lowest BCUT2D eigenvalue weighted by atomic mass is 9.84. The van der Waals surface area contributed by atoms with Gasteiger partial charge < -0.3 is 15.4 Å². The van der Waals surface area contributed by atoms with Crippen molar-refractivity contribution in [2.45, 2.75) is 38.2 Å². The molecule has 2 saturated heterocycles. The first kappa shape index (κ1) is 26.4. The van der Waals surface area contributed by atoms with Gasteiger partial charge in [-0.05, 0) is 61.5 Å². The van der Waals surface area contributed by atoms with Gasteiger partial charge in [-0.15, -0.1) is 12.4 Å². The molecule has 2 heterocycles. The molecule has 186 valence electrons. The van der Waals surface area contributed by atoms with Crippen LogP contribution in [0.15, 0.2) is 54.6 Å². The molecular weight excluding hydrogens is 470 g/mol. The molecule has 2 atom stereocenters. The maximum atomic E-state index is 13.2. The molecule has 2 aromatic rings. The van der Waals surface area contributed by atoms with Crippen molar-refractivity contribution in [2.75, 3.05) is 18.4 Å². The molecule has 0 bridgehead atoms. The fraction of sp³-hybridized carbons (Fsp3) is 0.385. The summed E-state index contributed by atoms with van der Waals surface area (Å²) in [5, 5.41) is 8.47. The highest BCUT2D eigenvalue weighted by Crippen LogP contribution is 2.28. The summed E-state index contributed by atoms with van der Waals surface area (Å²) in [5.41, 5.74) is 2.18. The maximum absolute atomic E-state index is 13.2. The van der Waals surface area contributed by atoms with Gasteiger partial charge in [-0.2, -0.15) is 0 Å². The van der Waals surface area contributed by atoms with Crippen molar-refractivity contribution in [1.82, 2.24) is 10.6 Å². The molecule has 3 N–H and O–H groups in total. The van der Waals surface area contributed by atoms with E-state index in [0.717, 1.165) is 24.2 Å². The Hall–Kier alpha value is -3.23. The number of rotatable bonds is 7. The lowest BCUT2D eigenvalue weighted by Crippen LogP contribution is -2.41. The number of amides is 3. The lowest BCUT2D eigenvalue weighted by molar-refractivity contribution is -0.155. The molecule has 2 aromatic carbocycles. The normalized spacial score (nSPS) is 19.1. The highest BCUT2D eigenvalue weighted by molar-refractivity contribution is 6.05. The van der Waals surface area contributed by atoms with Crippen LogP contribution in [0.2, 0.25) is 0 Å². The number of imide groups is 1. The fourth-order valence-electron chi connectivity index (χ4n) is 4.54. The number of piperidine rings is 2. The number of anilines is 1. The molecule has 9 heteroatoms. The van der Waals surface area contributed by atoms with Gasteiger partial charge in [0.2, 0.25) is 17.7 Å². The van der Waals surface area contributed by atoms with Gasteiger partial charge in [-0.25, -0.2) is 0 Å². The Bertz CT molecular complexity index is 1040. The van der Waals surface area contributed by atoms with Crippen LogP contribution in [0, 0.1) is 11.8 Å². The SMILES string of the molecule is Cl.O=C1CCC(c2ccc(NC(=O)C(C(=O)OCc3ccccc3)C3CCNCC3)cc2)C(=O)N1. The van der Waals surface area contributed by atoms with E-state index in [1.165, 1.54) is 0 Å². The van der Waals surface area contributed by atoms with Gasteiger partial charge in [0, 0.05) is 12.1 Å². The van der Waals surface area contributed by atoms with Crippen LogP contribution in [-0.4, -0.2) is 36.8 Å². The Balaban J connectivity index is 0.00000342. The van der Waals surface area contributed by atoms with Crippen molar-refractivity contribution in [2.24, 2.45) is 11.8 Å². The Morgan fingerprint density at radius 3 is 2.31 bits per heavy atom. The summed E-state index contributed by atoms with van der Waals surface area (Å²) in [7, 11) is 0. The first-order chi connectivity index (χ1) is 16.5. The van der Waals surface area contributed by atoms with E-state index in [1.807, 2.05) is 30.3 Å². The molecular formula is C26H30ClN3O5. The largest absolute Gasteiger partial charge is 0.460 e. The van der Waals surface area contributed by atoms with E-state index in [0.29, 0.717) is 31.4 Å². The summed E-state index contributed by atoms with van der Waals surface area (Å²) in [6.45, 7) is 1.62. The van der Waals surface area contributed by atoms with Gasteiger partial charge in [-0.3, -0.25) is 24.5 Å². The standard InChI is InChI=1S/C26H29N3O5.ClH/c30-22-11-10-21(24(31)29-22)18-6-8-20(9-7-18)28-25(32)23(19-12-14-27-15-13-19)26(33)34-16-17-4-2-1-3-5-17;/h1-9,19,21,23,27H,10-16H2,(H,28,32)(H,29,30,31);1H. The molecule has 3 amide bonds. The monoisotopic (exact) mass is 499 g/mol. The summed E-state index contributed by atoms with van der Waals surface area (Å²) in [5.74, 6) is -2.87. The van der Waals surface area contributed by atoms with Crippen LogP contribution in [-0.2, 0) is 30.5 Å². The molecule has 0 radical (unpaired) electrons. The predicted molar refractivity (Wildman–Crippen MR) is 133 cm³/mol. The number of carbonyl (C=O) groups is 4. The minimum atomic E-state index is -0.902. The number of benzene rings is 2. The van der Waals surface area contributed by atoms with Gasteiger partial charge >= 0.3 is 5.97 Å². The second-order valence-corrected chi connectivity index (χ2v) is 8.77. The van der Waals surface area contributed by atoms with Crippen LogP contribution in [0.25, 0.3) is 0 Å². The Kier molecular flexibility index (Phi) is 9.39. The molecule has 2 aliphatic rings. The van der Waals surface area contributed by atoms with Crippen LogP contribution in [0.4, 0.5) is 5.69 Å². The van der Waals surface area contributed by atoms with Crippen molar-refractivity contribution >= 4 is 41.8 Å². The second kappa shape index (κ2) is 12.5. The number of carbonyl (C=O) groups excluding carboxylic acids is 4. The zero-order chi connectivity index (χ0) is 23.9. The quantitative estimate of drug-likeness (QED) is 0.306. The Morgan fingerprint density at radius 2 is 1.66 bits per heavy atom. The van der Waals surface area contributed by atoms with Crippen molar-refractivity contribution in [3.63, 3.8) is 0 Å². The highest BCUT2D eigenvalue weighted by atomic mass is 35.5. The van der Waals surface area contributed by atoms with Gasteiger partial charge in [0.15, 0.2) is 0 Å². The summed E-state index contributed by atoms with van der Waals surface area (Å²) < 4.78 is 5.53. The molecule has 2 aliphatic heterocycles. The summed E-state index contributed by atoms with van der Waals surface area (Å²) in [6, 6.07) is 16.3. The molecule has 0 aromatic heterocycles. The van der Waals surface area contributed by atoms with E-state index in [9.17, 15) is 19.2 Å². The van der Waals surface area contributed by atoms with Crippen LogP contribution in [0.5, 0.6) is 0 Å². The zero-order valence-corrected chi connectivity index (χ0v) is 20.1. The average Bonchev–Trinajstić information content (AvgIpc) is 2.85. The maximum Gasteiger partial charge on any atom is 0.319 e. The smallest absolute Gasteiger partial charge is 0.319 e. The Labute approximate surface area is 210 Å². The molecule has 35 heavy (non-hydrogen) atoms. The first-order valence-corrected chi connectivity index (χ1v) is 11.7. The molecule has 2 fully saturated rings. The summed E-state index contributed by atoms with van der Waals surface area (Å²) in [6.07, 6.45) is 2.19. The van der Waals surface area contributed by atoms with E-state index in [2.05, 4.69) is 16.0 Å². The predicted octanol–water partition coefficient (Wildman–Crippen LogP) is 2.93. The molecule has 4 rings (SSSR count).